The third-order valence-corrected chi connectivity index (χ3v) is 9.41. The van der Waals surface area contributed by atoms with Crippen molar-refractivity contribution >= 4 is 23.9 Å². The Morgan fingerprint density at radius 1 is 0.404 bits per heavy atom. The first kappa shape index (κ1) is 49.8. The van der Waals surface area contributed by atoms with E-state index in [9.17, 15) is 29.4 Å². The van der Waals surface area contributed by atoms with Crippen LogP contribution in [0.2, 0.25) is 0 Å². The maximum absolute atomic E-state index is 13.1. The predicted octanol–water partition coefficient (Wildman–Crippen LogP) is 9.62. The molecule has 0 fully saturated rings. The molecule has 0 aliphatic rings. The zero-order valence-electron chi connectivity index (χ0n) is 33.7. The van der Waals surface area contributed by atoms with E-state index in [0.29, 0.717) is 25.7 Å². The third kappa shape index (κ3) is 29.3. The van der Waals surface area contributed by atoms with E-state index in [4.69, 9.17) is 18.9 Å². The Morgan fingerprint density at radius 3 is 1.10 bits per heavy atom. The summed E-state index contributed by atoms with van der Waals surface area (Å²) >= 11 is 0. The number of hydrogen-bond donors (Lipinski definition) is 2. The molecule has 306 valence electrons. The molecule has 0 saturated carbocycles. The number of esters is 4. The van der Waals surface area contributed by atoms with Crippen molar-refractivity contribution in [2.75, 3.05) is 13.2 Å². The van der Waals surface area contributed by atoms with Crippen LogP contribution in [0.5, 0.6) is 0 Å². The number of aliphatic hydroxyl groups excluding tert-OH is 2. The summed E-state index contributed by atoms with van der Waals surface area (Å²) in [6, 6.07) is 0. The first-order valence-electron chi connectivity index (χ1n) is 21.3. The zero-order chi connectivity index (χ0) is 38.7. The number of unbranched alkanes of at least 4 members (excludes halogenated alkanes) is 20. The van der Waals surface area contributed by atoms with Gasteiger partial charge in [-0.1, -0.05) is 156 Å². The van der Waals surface area contributed by atoms with E-state index in [1.807, 2.05) is 0 Å². The van der Waals surface area contributed by atoms with Crippen LogP contribution >= 0.6 is 0 Å². The number of hydrogen-bond acceptors (Lipinski definition) is 10. The predicted molar refractivity (Wildman–Crippen MR) is 206 cm³/mol. The van der Waals surface area contributed by atoms with Crippen molar-refractivity contribution in [2.45, 2.75) is 232 Å². The number of carbonyl (C=O) groups is 4. The first-order valence-corrected chi connectivity index (χ1v) is 21.3. The number of ether oxygens (including phenoxy) is 4. The quantitative estimate of drug-likeness (QED) is 0.0358. The summed E-state index contributed by atoms with van der Waals surface area (Å²) in [5.74, 6) is -2.18. The lowest BCUT2D eigenvalue weighted by atomic mass is 10.0. The van der Waals surface area contributed by atoms with Gasteiger partial charge in [-0.2, -0.15) is 0 Å². The molecule has 0 aliphatic carbocycles. The van der Waals surface area contributed by atoms with Gasteiger partial charge < -0.3 is 29.2 Å². The second-order valence-electron chi connectivity index (χ2n) is 14.5. The summed E-state index contributed by atoms with van der Waals surface area (Å²) in [6.07, 6.45) is 17.8. The fraction of sp³-hybridized carbons (Fsp3) is 0.905. The van der Waals surface area contributed by atoms with Gasteiger partial charge in [0.2, 0.25) is 0 Å². The molecule has 0 rings (SSSR count). The van der Waals surface area contributed by atoms with Crippen molar-refractivity contribution < 1.29 is 48.3 Å². The van der Waals surface area contributed by atoms with Gasteiger partial charge >= 0.3 is 23.9 Å². The molecule has 0 saturated heterocycles. The van der Waals surface area contributed by atoms with Crippen molar-refractivity contribution in [3.8, 4) is 0 Å². The Balaban J connectivity index is 5.68. The molecule has 0 unspecified atom stereocenters. The van der Waals surface area contributed by atoms with Crippen molar-refractivity contribution in [1.82, 2.24) is 0 Å². The van der Waals surface area contributed by atoms with E-state index in [1.54, 1.807) is 0 Å². The molecule has 0 heterocycles. The zero-order valence-corrected chi connectivity index (χ0v) is 33.7. The largest absolute Gasteiger partial charge is 0.463 e. The molecule has 52 heavy (non-hydrogen) atoms. The minimum Gasteiger partial charge on any atom is -0.463 e. The molecular formula is C42H78O10. The van der Waals surface area contributed by atoms with Gasteiger partial charge in [0.15, 0.2) is 12.2 Å². The summed E-state index contributed by atoms with van der Waals surface area (Å²) in [5, 5.41) is 22.3. The molecule has 0 radical (unpaired) electrons. The fourth-order valence-electron chi connectivity index (χ4n) is 6.01. The Labute approximate surface area is 316 Å². The summed E-state index contributed by atoms with van der Waals surface area (Å²) in [6.45, 7) is 7.58. The lowest BCUT2D eigenvalue weighted by Gasteiger charge is -2.32. The summed E-state index contributed by atoms with van der Waals surface area (Å²) in [7, 11) is 0. The number of aliphatic hydroxyl groups is 2. The molecule has 10 nitrogen and oxygen atoms in total. The number of carbonyl (C=O) groups excluding carboxylic acids is 4. The fourth-order valence-corrected chi connectivity index (χ4v) is 6.01. The SMILES string of the molecule is CCCCCCCCC(=O)OC[C@H](O)[C@@H](O)[C@H](OC(=O)CCCCCCCC)[C@@H](COC(=O)CCCCCCCC)OC(=O)CCCCCCCC. The summed E-state index contributed by atoms with van der Waals surface area (Å²) in [5.41, 5.74) is 0. The minimum absolute atomic E-state index is 0.0783. The lowest BCUT2D eigenvalue weighted by Crippen LogP contribution is -2.51. The van der Waals surface area contributed by atoms with Crippen molar-refractivity contribution in [3.63, 3.8) is 0 Å². The topological polar surface area (TPSA) is 146 Å². The van der Waals surface area contributed by atoms with Crippen LogP contribution < -0.4 is 0 Å². The van der Waals surface area contributed by atoms with E-state index in [1.165, 1.54) is 0 Å². The lowest BCUT2D eigenvalue weighted by molar-refractivity contribution is -0.194. The summed E-state index contributed by atoms with van der Waals surface area (Å²) < 4.78 is 22.3. The van der Waals surface area contributed by atoms with Crippen LogP contribution in [0.4, 0.5) is 0 Å². The van der Waals surface area contributed by atoms with Gasteiger partial charge in [-0.05, 0) is 25.7 Å². The molecule has 0 aliphatic heterocycles. The molecule has 0 amide bonds. The average molecular weight is 743 g/mol. The van der Waals surface area contributed by atoms with Crippen molar-refractivity contribution in [1.29, 1.82) is 0 Å². The molecular weight excluding hydrogens is 664 g/mol. The second-order valence-corrected chi connectivity index (χ2v) is 14.5. The highest BCUT2D eigenvalue weighted by Gasteiger charge is 2.39. The van der Waals surface area contributed by atoms with E-state index in [0.717, 1.165) is 128 Å². The Morgan fingerprint density at radius 2 is 0.712 bits per heavy atom. The van der Waals surface area contributed by atoms with Crippen LogP contribution in [0.25, 0.3) is 0 Å². The van der Waals surface area contributed by atoms with Crippen LogP contribution in [0.15, 0.2) is 0 Å². The van der Waals surface area contributed by atoms with E-state index >= 15 is 0 Å². The molecule has 0 aromatic heterocycles. The van der Waals surface area contributed by atoms with Crippen LogP contribution in [0.3, 0.4) is 0 Å². The van der Waals surface area contributed by atoms with Crippen LogP contribution in [0, 0.1) is 0 Å². The third-order valence-electron chi connectivity index (χ3n) is 9.41. The first-order chi connectivity index (χ1) is 25.2. The van der Waals surface area contributed by atoms with Crippen molar-refractivity contribution in [2.24, 2.45) is 0 Å². The molecule has 0 spiro atoms. The maximum Gasteiger partial charge on any atom is 0.306 e. The van der Waals surface area contributed by atoms with Crippen LogP contribution in [-0.4, -0.2) is 71.7 Å². The summed E-state index contributed by atoms with van der Waals surface area (Å²) in [4.78, 5) is 51.2. The normalized spacial score (nSPS) is 13.6. The monoisotopic (exact) mass is 743 g/mol. The van der Waals surface area contributed by atoms with E-state index in [2.05, 4.69) is 27.7 Å². The van der Waals surface area contributed by atoms with Gasteiger partial charge in [0.1, 0.15) is 25.4 Å². The second kappa shape index (κ2) is 35.8. The van der Waals surface area contributed by atoms with E-state index in [-0.39, 0.29) is 25.7 Å². The van der Waals surface area contributed by atoms with Gasteiger partial charge in [0.05, 0.1) is 0 Å². The highest BCUT2D eigenvalue weighted by Crippen LogP contribution is 2.19. The van der Waals surface area contributed by atoms with Crippen molar-refractivity contribution in [3.05, 3.63) is 0 Å². The van der Waals surface area contributed by atoms with Gasteiger partial charge in [-0.15, -0.1) is 0 Å². The van der Waals surface area contributed by atoms with Gasteiger partial charge in [0.25, 0.3) is 0 Å². The molecule has 0 bridgehead atoms. The van der Waals surface area contributed by atoms with Gasteiger partial charge in [-0.25, -0.2) is 0 Å². The minimum atomic E-state index is -1.78. The van der Waals surface area contributed by atoms with Gasteiger partial charge in [-0.3, -0.25) is 19.2 Å². The molecule has 0 aromatic rings. The standard InChI is InChI=1S/C42H78O10/c1-5-9-13-17-21-25-29-37(44)49-33-35(43)41(48)42(52-40(47)32-28-24-20-16-12-8-4)36(51-39(46)31-27-23-19-15-11-7-3)34-50-38(45)30-26-22-18-14-10-6-2/h35-36,41-43,48H,5-34H2,1-4H3/t35-,36+,41+,42+/m0/s1. The Bertz CT molecular complexity index is 879. The maximum atomic E-state index is 13.1. The Hall–Kier alpha value is -2.20. The van der Waals surface area contributed by atoms with Crippen LogP contribution in [0.1, 0.15) is 207 Å². The van der Waals surface area contributed by atoms with E-state index < -0.39 is 61.5 Å². The average Bonchev–Trinajstić information content (AvgIpc) is 3.13. The molecule has 2 N–H and O–H groups in total. The highest BCUT2D eigenvalue weighted by atomic mass is 16.6. The smallest absolute Gasteiger partial charge is 0.306 e. The number of rotatable bonds is 37. The van der Waals surface area contributed by atoms with Crippen LogP contribution in [-0.2, 0) is 38.1 Å². The molecule has 0 aromatic carbocycles. The Kier molecular flexibility index (Phi) is 34.3. The molecule has 10 heteroatoms. The molecule has 4 atom stereocenters. The van der Waals surface area contributed by atoms with Gasteiger partial charge in [0, 0.05) is 25.7 Å². The highest BCUT2D eigenvalue weighted by molar-refractivity contribution is 5.71.